The molecule has 2 fully saturated rings. The Labute approximate surface area is 501 Å². The summed E-state index contributed by atoms with van der Waals surface area (Å²) >= 11 is 0. The van der Waals surface area contributed by atoms with Gasteiger partial charge in [0.1, 0.15) is 48.8 Å². The van der Waals surface area contributed by atoms with E-state index in [9.17, 15) is 45.6 Å². The van der Waals surface area contributed by atoms with Gasteiger partial charge >= 0.3 is 0 Å². The molecule has 12 atom stereocenters. The molecule has 2 heterocycles. The number of aliphatic hydroxyl groups is 8. The first-order valence-corrected chi connectivity index (χ1v) is 34.9. The van der Waals surface area contributed by atoms with Crippen molar-refractivity contribution >= 4 is 5.91 Å². The molecule has 0 aliphatic carbocycles. The van der Waals surface area contributed by atoms with Crippen LogP contribution in [-0.4, -0.2) is 140 Å². The van der Waals surface area contributed by atoms with E-state index in [0.717, 1.165) is 64.2 Å². The fourth-order valence-corrected chi connectivity index (χ4v) is 11.9. The second kappa shape index (κ2) is 53.9. The molecule has 0 aromatic heterocycles. The molecule has 82 heavy (non-hydrogen) atoms. The second-order valence-corrected chi connectivity index (χ2v) is 25.0. The average molecular weight is 1170 g/mol. The molecule has 486 valence electrons. The zero-order valence-corrected chi connectivity index (χ0v) is 52.8. The molecule has 2 aliphatic heterocycles. The molecule has 12 unspecified atom stereocenters. The third-order valence-corrected chi connectivity index (χ3v) is 17.5. The number of carbonyl (C=O) groups is 1. The van der Waals surface area contributed by atoms with E-state index in [1.165, 1.54) is 225 Å². The summed E-state index contributed by atoms with van der Waals surface area (Å²) in [5, 5.41) is 87.5. The van der Waals surface area contributed by atoms with Crippen LogP contribution in [0.4, 0.5) is 0 Å². The van der Waals surface area contributed by atoms with Gasteiger partial charge < -0.3 is 65.1 Å². The van der Waals surface area contributed by atoms with Gasteiger partial charge in [0.25, 0.3) is 0 Å². The lowest BCUT2D eigenvalue weighted by atomic mass is 9.97. The Morgan fingerprint density at radius 1 is 0.427 bits per heavy atom. The van der Waals surface area contributed by atoms with E-state index in [1.54, 1.807) is 0 Å². The van der Waals surface area contributed by atoms with Crippen molar-refractivity contribution in [1.82, 2.24) is 5.32 Å². The van der Waals surface area contributed by atoms with Gasteiger partial charge in [-0.3, -0.25) is 4.79 Å². The molecular formula is C68H131NO13. The van der Waals surface area contributed by atoms with Crippen LogP contribution < -0.4 is 5.32 Å². The fourth-order valence-electron chi connectivity index (χ4n) is 11.9. The number of hydrogen-bond donors (Lipinski definition) is 9. The summed E-state index contributed by atoms with van der Waals surface area (Å²) in [6.07, 6.45) is 48.2. The maximum absolute atomic E-state index is 13.3. The van der Waals surface area contributed by atoms with Gasteiger partial charge in [0.2, 0.25) is 5.91 Å². The normalized spacial score (nSPS) is 23.9. The first-order chi connectivity index (χ1) is 40.1. The standard InChI is InChI=1S/C68H131NO13/c1-3-5-7-9-11-13-15-17-19-20-21-22-23-24-25-26-27-28-29-30-31-32-33-34-35-36-38-39-41-43-45-47-49-51-57(72)56(69-60(73)52-50-48-46-44-42-40-37-18-16-14-12-10-8-6-4-2)55-79-67-65(78)63(76)66(59(54-71)81-67)82-68-64(77)62(75)61(74)58(53-70)80-68/h18,37,56-59,61-68,70-72,74-78H,3-17,19-36,38-55H2,1-2H3,(H,69,73)/b37-18-. The van der Waals surface area contributed by atoms with Crippen LogP contribution in [0, 0.1) is 0 Å². The monoisotopic (exact) mass is 1170 g/mol. The summed E-state index contributed by atoms with van der Waals surface area (Å²) in [4.78, 5) is 13.3. The maximum atomic E-state index is 13.3. The van der Waals surface area contributed by atoms with E-state index in [2.05, 4.69) is 31.3 Å². The Balaban J connectivity index is 1.61. The summed E-state index contributed by atoms with van der Waals surface area (Å²) in [5.41, 5.74) is 0. The first-order valence-electron chi connectivity index (χ1n) is 34.9. The quantitative estimate of drug-likeness (QED) is 0.0204. The summed E-state index contributed by atoms with van der Waals surface area (Å²) in [6, 6.07) is -0.831. The third-order valence-electron chi connectivity index (χ3n) is 17.5. The van der Waals surface area contributed by atoms with Gasteiger partial charge in [-0.25, -0.2) is 0 Å². The van der Waals surface area contributed by atoms with Crippen molar-refractivity contribution < 1.29 is 64.6 Å². The largest absolute Gasteiger partial charge is 0.394 e. The third kappa shape index (κ3) is 38.1. The average Bonchev–Trinajstić information content (AvgIpc) is 3.53. The van der Waals surface area contributed by atoms with E-state index < -0.39 is 86.8 Å². The van der Waals surface area contributed by atoms with Gasteiger partial charge in [0.15, 0.2) is 12.6 Å². The van der Waals surface area contributed by atoms with Crippen LogP contribution in [0.3, 0.4) is 0 Å². The minimum Gasteiger partial charge on any atom is -0.394 e. The Kier molecular flexibility index (Phi) is 50.5. The van der Waals surface area contributed by atoms with E-state index >= 15 is 0 Å². The number of unbranched alkanes of at least 4 members (excludes halogenated alkanes) is 43. The lowest BCUT2D eigenvalue weighted by Crippen LogP contribution is -2.65. The number of aliphatic hydroxyl groups excluding tert-OH is 8. The second-order valence-electron chi connectivity index (χ2n) is 25.0. The van der Waals surface area contributed by atoms with Crippen LogP contribution in [0.15, 0.2) is 12.2 Å². The number of hydrogen-bond acceptors (Lipinski definition) is 13. The van der Waals surface area contributed by atoms with E-state index in [1.807, 2.05) is 0 Å². The van der Waals surface area contributed by atoms with Gasteiger partial charge in [-0.15, -0.1) is 0 Å². The van der Waals surface area contributed by atoms with Crippen LogP contribution in [0.5, 0.6) is 0 Å². The molecule has 0 radical (unpaired) electrons. The summed E-state index contributed by atoms with van der Waals surface area (Å²) in [7, 11) is 0. The van der Waals surface area contributed by atoms with Crippen molar-refractivity contribution in [3.8, 4) is 0 Å². The predicted molar refractivity (Wildman–Crippen MR) is 332 cm³/mol. The molecule has 9 N–H and O–H groups in total. The minimum atomic E-state index is -1.78. The summed E-state index contributed by atoms with van der Waals surface area (Å²) < 4.78 is 22.9. The molecule has 0 aromatic rings. The van der Waals surface area contributed by atoms with Gasteiger partial charge in [-0.2, -0.15) is 0 Å². The lowest BCUT2D eigenvalue weighted by Gasteiger charge is -2.46. The smallest absolute Gasteiger partial charge is 0.220 e. The van der Waals surface area contributed by atoms with Gasteiger partial charge in [0.05, 0.1) is 32.0 Å². The summed E-state index contributed by atoms with van der Waals surface area (Å²) in [6.45, 7) is 2.89. The van der Waals surface area contributed by atoms with Crippen LogP contribution in [0.2, 0.25) is 0 Å². The van der Waals surface area contributed by atoms with Crippen LogP contribution in [0.1, 0.15) is 322 Å². The molecule has 2 rings (SSSR count). The highest BCUT2D eigenvalue weighted by atomic mass is 16.7. The maximum Gasteiger partial charge on any atom is 0.220 e. The zero-order chi connectivity index (χ0) is 59.5. The minimum absolute atomic E-state index is 0.210. The molecule has 0 spiro atoms. The lowest BCUT2D eigenvalue weighted by molar-refractivity contribution is -0.359. The Morgan fingerprint density at radius 2 is 0.768 bits per heavy atom. The highest BCUT2D eigenvalue weighted by Gasteiger charge is 2.51. The predicted octanol–water partition coefficient (Wildman–Crippen LogP) is 13.8. The molecule has 0 bridgehead atoms. The van der Waals surface area contributed by atoms with Crippen molar-refractivity contribution in [3.05, 3.63) is 12.2 Å². The number of ether oxygens (including phenoxy) is 4. The van der Waals surface area contributed by atoms with Crippen molar-refractivity contribution in [3.63, 3.8) is 0 Å². The molecule has 1 amide bonds. The molecule has 0 saturated carbocycles. The zero-order valence-electron chi connectivity index (χ0n) is 52.8. The molecule has 0 aromatic carbocycles. The molecule has 2 aliphatic rings. The molecular weight excluding hydrogens is 1040 g/mol. The highest BCUT2D eigenvalue weighted by molar-refractivity contribution is 5.76. The molecule has 14 nitrogen and oxygen atoms in total. The Bertz CT molecular complexity index is 1420. The van der Waals surface area contributed by atoms with Crippen LogP contribution in [0.25, 0.3) is 0 Å². The van der Waals surface area contributed by atoms with E-state index in [-0.39, 0.29) is 12.5 Å². The first kappa shape index (κ1) is 76.8. The number of rotatable bonds is 58. The van der Waals surface area contributed by atoms with Gasteiger partial charge in [0, 0.05) is 6.42 Å². The van der Waals surface area contributed by atoms with Crippen LogP contribution >= 0.6 is 0 Å². The van der Waals surface area contributed by atoms with Crippen molar-refractivity contribution in [2.24, 2.45) is 0 Å². The fraction of sp³-hybridized carbons (Fsp3) is 0.956. The van der Waals surface area contributed by atoms with E-state index in [0.29, 0.717) is 19.3 Å². The molecule has 14 heteroatoms. The van der Waals surface area contributed by atoms with Crippen molar-refractivity contribution in [2.75, 3.05) is 19.8 Å². The van der Waals surface area contributed by atoms with Gasteiger partial charge in [-0.1, -0.05) is 289 Å². The summed E-state index contributed by atoms with van der Waals surface area (Å²) in [5.74, 6) is -0.210. The SMILES string of the molecule is CCCCCCCC/C=C\CCCCCCCC(=O)NC(COC1OC(CO)C(OC2OC(CO)C(O)C(O)C2O)C(O)C1O)C(O)CCCCCCCCCCCCCCCCCCCCCCCCCCCCCCCCCCC. The Hall–Kier alpha value is -1.27. The number of carbonyl (C=O) groups excluding carboxylic acids is 1. The van der Waals surface area contributed by atoms with Gasteiger partial charge in [-0.05, 0) is 38.5 Å². The number of nitrogens with one attached hydrogen (secondary N) is 1. The van der Waals surface area contributed by atoms with Crippen LogP contribution in [-0.2, 0) is 23.7 Å². The number of allylic oxidation sites excluding steroid dienone is 2. The molecule has 2 saturated heterocycles. The van der Waals surface area contributed by atoms with Crippen molar-refractivity contribution in [2.45, 2.75) is 396 Å². The van der Waals surface area contributed by atoms with E-state index in [4.69, 9.17) is 18.9 Å². The van der Waals surface area contributed by atoms with Crippen molar-refractivity contribution in [1.29, 1.82) is 0 Å². The number of amides is 1. The Morgan fingerprint density at radius 3 is 1.16 bits per heavy atom. The topological polar surface area (TPSA) is 228 Å². The highest BCUT2D eigenvalue weighted by Crippen LogP contribution is 2.30.